The van der Waals surface area contributed by atoms with E-state index in [1.165, 1.54) is 17.0 Å². The van der Waals surface area contributed by atoms with Gasteiger partial charge in [-0.15, -0.1) is 0 Å². The molecule has 0 bridgehead atoms. The van der Waals surface area contributed by atoms with Crippen molar-refractivity contribution < 1.29 is 19.8 Å². The number of phenolic OH excluding ortho intramolecular Hbond substituents is 1. The van der Waals surface area contributed by atoms with Gasteiger partial charge in [0.25, 0.3) is 0 Å². The number of carbonyl (C=O) groups excluding carboxylic acids is 1. The average molecular weight is 280 g/mol. The number of urea groups is 1. The maximum Gasteiger partial charge on any atom is 0.326 e. The summed E-state index contributed by atoms with van der Waals surface area (Å²) in [7, 11) is 1.62. The third kappa shape index (κ3) is 4.79. The van der Waals surface area contributed by atoms with Crippen molar-refractivity contribution in [1.82, 2.24) is 10.2 Å². The van der Waals surface area contributed by atoms with Gasteiger partial charge in [0.2, 0.25) is 0 Å². The summed E-state index contributed by atoms with van der Waals surface area (Å²) in [4.78, 5) is 24.5. The summed E-state index contributed by atoms with van der Waals surface area (Å²) >= 11 is 0. The molecule has 0 saturated heterocycles. The number of benzene rings is 1. The highest BCUT2D eigenvalue weighted by atomic mass is 16.4. The molecule has 1 rings (SSSR count). The van der Waals surface area contributed by atoms with Crippen LogP contribution in [-0.4, -0.2) is 46.7 Å². The number of carbonyl (C=O) groups is 2. The Labute approximate surface area is 118 Å². The standard InChI is InChI=1S/C14H20N2O4/c1-3-8-16(2)14(20)15-12(13(18)19)9-10-4-6-11(17)7-5-10/h4-7,12,17H,3,8-9H2,1-2H3,(H,15,20)(H,18,19)/t12-/m1/s1. The van der Waals surface area contributed by atoms with Crippen LogP contribution in [0.3, 0.4) is 0 Å². The predicted octanol–water partition coefficient (Wildman–Crippen LogP) is 1.44. The Morgan fingerprint density at radius 2 is 1.90 bits per heavy atom. The molecule has 1 atom stereocenters. The van der Waals surface area contributed by atoms with Crippen molar-refractivity contribution in [3.8, 4) is 5.75 Å². The summed E-state index contributed by atoms with van der Waals surface area (Å²) in [5.74, 6) is -0.969. The van der Waals surface area contributed by atoms with Gasteiger partial charge in [-0.2, -0.15) is 0 Å². The molecule has 0 aliphatic heterocycles. The number of aliphatic carboxylic acids is 1. The molecule has 0 saturated carbocycles. The minimum absolute atomic E-state index is 0.118. The maximum absolute atomic E-state index is 11.8. The highest BCUT2D eigenvalue weighted by Gasteiger charge is 2.21. The highest BCUT2D eigenvalue weighted by Crippen LogP contribution is 2.11. The van der Waals surface area contributed by atoms with Crippen LogP contribution >= 0.6 is 0 Å². The van der Waals surface area contributed by atoms with Crippen molar-refractivity contribution >= 4 is 12.0 Å². The fourth-order valence-electron chi connectivity index (χ4n) is 1.76. The van der Waals surface area contributed by atoms with Gasteiger partial charge in [0, 0.05) is 20.0 Å². The molecule has 1 aromatic carbocycles. The molecule has 0 unspecified atom stereocenters. The van der Waals surface area contributed by atoms with Crippen molar-refractivity contribution in [3.05, 3.63) is 29.8 Å². The normalized spacial score (nSPS) is 11.7. The van der Waals surface area contributed by atoms with Crippen LogP contribution in [0.1, 0.15) is 18.9 Å². The number of carboxylic acid groups (broad SMARTS) is 1. The second kappa shape index (κ2) is 7.37. The highest BCUT2D eigenvalue weighted by molar-refractivity contribution is 5.82. The Kier molecular flexibility index (Phi) is 5.83. The van der Waals surface area contributed by atoms with Crippen LogP contribution in [-0.2, 0) is 11.2 Å². The van der Waals surface area contributed by atoms with Crippen LogP contribution in [0.25, 0.3) is 0 Å². The fourth-order valence-corrected chi connectivity index (χ4v) is 1.76. The number of carboxylic acids is 1. The van der Waals surface area contributed by atoms with Crippen molar-refractivity contribution in [1.29, 1.82) is 0 Å². The Bertz CT molecular complexity index is 459. The van der Waals surface area contributed by atoms with Gasteiger partial charge in [-0.3, -0.25) is 0 Å². The number of nitrogens with zero attached hydrogens (tertiary/aromatic N) is 1. The SMILES string of the molecule is CCCN(C)C(=O)N[C@H](Cc1ccc(O)cc1)C(=O)O. The maximum atomic E-state index is 11.8. The lowest BCUT2D eigenvalue weighted by Crippen LogP contribution is -2.47. The Morgan fingerprint density at radius 1 is 1.30 bits per heavy atom. The van der Waals surface area contributed by atoms with Gasteiger partial charge in [-0.25, -0.2) is 9.59 Å². The van der Waals surface area contributed by atoms with Gasteiger partial charge >= 0.3 is 12.0 Å². The Hall–Kier alpha value is -2.24. The lowest BCUT2D eigenvalue weighted by Gasteiger charge is -2.21. The minimum atomic E-state index is -1.09. The minimum Gasteiger partial charge on any atom is -0.508 e. The van der Waals surface area contributed by atoms with Crippen LogP contribution < -0.4 is 5.32 Å². The molecule has 0 aliphatic rings. The number of rotatable bonds is 6. The molecular formula is C14H20N2O4. The third-order valence-corrected chi connectivity index (χ3v) is 2.88. The van der Waals surface area contributed by atoms with Crippen LogP contribution in [0, 0.1) is 0 Å². The topological polar surface area (TPSA) is 89.9 Å². The van der Waals surface area contributed by atoms with E-state index < -0.39 is 18.0 Å². The van der Waals surface area contributed by atoms with Crippen LogP contribution in [0.2, 0.25) is 0 Å². The number of aromatic hydroxyl groups is 1. The molecule has 0 aromatic heterocycles. The quantitative estimate of drug-likeness (QED) is 0.735. The van der Waals surface area contributed by atoms with Gasteiger partial charge in [0.15, 0.2) is 0 Å². The van der Waals surface area contributed by atoms with Gasteiger partial charge in [-0.1, -0.05) is 19.1 Å². The first kappa shape index (κ1) is 15.8. The smallest absolute Gasteiger partial charge is 0.326 e. The summed E-state index contributed by atoms with van der Waals surface area (Å²) < 4.78 is 0. The van der Waals surface area contributed by atoms with Crippen LogP contribution in [0.4, 0.5) is 4.79 Å². The monoisotopic (exact) mass is 280 g/mol. The molecule has 110 valence electrons. The number of nitrogens with one attached hydrogen (secondary N) is 1. The molecule has 0 radical (unpaired) electrons. The zero-order valence-electron chi connectivity index (χ0n) is 11.7. The lowest BCUT2D eigenvalue weighted by atomic mass is 10.1. The first-order chi connectivity index (χ1) is 9.43. The van der Waals surface area contributed by atoms with E-state index in [4.69, 9.17) is 5.11 Å². The van der Waals surface area contributed by atoms with Crippen molar-refractivity contribution in [2.75, 3.05) is 13.6 Å². The molecule has 0 fully saturated rings. The first-order valence-electron chi connectivity index (χ1n) is 6.46. The fraction of sp³-hybridized carbons (Fsp3) is 0.429. The van der Waals surface area contributed by atoms with Gasteiger partial charge < -0.3 is 20.4 Å². The summed E-state index contributed by atoms with van der Waals surface area (Å²) in [5, 5.41) is 20.8. The van der Waals surface area contributed by atoms with Crippen molar-refractivity contribution in [2.45, 2.75) is 25.8 Å². The van der Waals surface area contributed by atoms with Crippen LogP contribution in [0.15, 0.2) is 24.3 Å². The van der Waals surface area contributed by atoms with E-state index >= 15 is 0 Å². The Morgan fingerprint density at radius 3 is 2.40 bits per heavy atom. The molecule has 0 aliphatic carbocycles. The summed E-state index contributed by atoms with van der Waals surface area (Å²) in [6.07, 6.45) is 0.973. The number of phenols is 1. The van der Waals surface area contributed by atoms with E-state index in [1.807, 2.05) is 6.92 Å². The predicted molar refractivity (Wildman–Crippen MR) is 74.7 cm³/mol. The van der Waals surface area contributed by atoms with E-state index in [0.29, 0.717) is 6.54 Å². The third-order valence-electron chi connectivity index (χ3n) is 2.88. The zero-order chi connectivity index (χ0) is 15.1. The van der Waals surface area contributed by atoms with Gasteiger partial charge in [0.05, 0.1) is 0 Å². The average Bonchev–Trinajstić information content (AvgIpc) is 2.40. The molecule has 2 amide bonds. The molecule has 6 nitrogen and oxygen atoms in total. The molecule has 0 heterocycles. The summed E-state index contributed by atoms with van der Waals surface area (Å²) in [6, 6.07) is 4.84. The first-order valence-corrected chi connectivity index (χ1v) is 6.46. The largest absolute Gasteiger partial charge is 0.508 e. The van der Waals surface area contributed by atoms with E-state index in [0.717, 1.165) is 12.0 Å². The second-order valence-corrected chi connectivity index (χ2v) is 4.63. The number of amides is 2. The van der Waals surface area contributed by atoms with E-state index in [2.05, 4.69) is 5.32 Å². The number of hydrogen-bond donors (Lipinski definition) is 3. The summed E-state index contributed by atoms with van der Waals surface area (Å²) in [6.45, 7) is 2.51. The molecule has 6 heteroatoms. The lowest BCUT2D eigenvalue weighted by molar-refractivity contribution is -0.139. The molecule has 1 aromatic rings. The molecule has 20 heavy (non-hydrogen) atoms. The van der Waals surface area contributed by atoms with Crippen LogP contribution in [0.5, 0.6) is 5.75 Å². The van der Waals surface area contributed by atoms with Crippen molar-refractivity contribution in [2.24, 2.45) is 0 Å². The molecule has 3 N–H and O–H groups in total. The van der Waals surface area contributed by atoms with E-state index in [-0.39, 0.29) is 12.2 Å². The second-order valence-electron chi connectivity index (χ2n) is 4.63. The zero-order valence-corrected chi connectivity index (χ0v) is 11.7. The van der Waals surface area contributed by atoms with E-state index in [1.54, 1.807) is 19.2 Å². The van der Waals surface area contributed by atoms with Crippen molar-refractivity contribution in [3.63, 3.8) is 0 Å². The van der Waals surface area contributed by atoms with Gasteiger partial charge in [-0.05, 0) is 24.1 Å². The molecular weight excluding hydrogens is 260 g/mol. The Balaban J connectivity index is 2.67. The number of hydrogen-bond acceptors (Lipinski definition) is 3. The molecule has 0 spiro atoms. The van der Waals surface area contributed by atoms with E-state index in [9.17, 15) is 14.7 Å². The van der Waals surface area contributed by atoms with Gasteiger partial charge in [0.1, 0.15) is 11.8 Å². The summed E-state index contributed by atoms with van der Waals surface area (Å²) in [5.41, 5.74) is 0.730.